The van der Waals surface area contributed by atoms with Gasteiger partial charge in [0.1, 0.15) is 18.2 Å². The Kier molecular flexibility index (Phi) is 7.00. The highest BCUT2D eigenvalue weighted by Gasteiger charge is 2.07. The predicted octanol–water partition coefficient (Wildman–Crippen LogP) is 4.52. The largest absolute Gasteiger partial charge is 0.489 e. The van der Waals surface area contributed by atoms with Gasteiger partial charge < -0.3 is 20.1 Å². The number of halogens is 1. The average Bonchev–Trinajstić information content (AvgIpc) is 2.72. The van der Waals surface area contributed by atoms with Gasteiger partial charge in [-0.1, -0.05) is 24.3 Å². The predicted molar refractivity (Wildman–Crippen MR) is 108 cm³/mol. The van der Waals surface area contributed by atoms with Crippen LogP contribution >= 0.6 is 0 Å². The van der Waals surface area contributed by atoms with Gasteiger partial charge >= 0.3 is 6.03 Å². The standard InChI is InChI=1S/C22H22FN3O3/c1-2-28-21-17(7-5-11-24-21)14-25-22(27)26-19-9-4-10-20(13-19)29-15-16-6-3-8-18(23)12-16/h3-13H,2,14-15H2,1H3,(H2,25,26,27). The number of hydrogen-bond donors (Lipinski definition) is 2. The highest BCUT2D eigenvalue weighted by Crippen LogP contribution is 2.19. The lowest BCUT2D eigenvalue weighted by Crippen LogP contribution is -2.28. The van der Waals surface area contributed by atoms with E-state index in [1.807, 2.05) is 13.0 Å². The molecule has 2 N–H and O–H groups in total. The normalized spacial score (nSPS) is 10.3. The third-order valence-corrected chi connectivity index (χ3v) is 3.96. The molecule has 0 atom stereocenters. The fraction of sp³-hybridized carbons (Fsp3) is 0.182. The molecule has 1 heterocycles. The Hall–Kier alpha value is -3.61. The minimum Gasteiger partial charge on any atom is -0.489 e. The Morgan fingerprint density at radius 1 is 1.07 bits per heavy atom. The molecule has 0 saturated carbocycles. The van der Waals surface area contributed by atoms with Crippen LogP contribution in [0.2, 0.25) is 0 Å². The molecular formula is C22H22FN3O3. The molecule has 3 rings (SSSR count). The number of ether oxygens (including phenoxy) is 2. The molecule has 0 saturated heterocycles. The van der Waals surface area contributed by atoms with Crippen molar-refractivity contribution in [3.63, 3.8) is 0 Å². The molecule has 0 aliphatic rings. The van der Waals surface area contributed by atoms with Crippen molar-refractivity contribution in [1.82, 2.24) is 10.3 Å². The Morgan fingerprint density at radius 3 is 2.76 bits per heavy atom. The summed E-state index contributed by atoms with van der Waals surface area (Å²) in [4.78, 5) is 16.4. The second kappa shape index (κ2) is 10.1. The van der Waals surface area contributed by atoms with Gasteiger partial charge in [-0.25, -0.2) is 14.2 Å². The van der Waals surface area contributed by atoms with E-state index in [1.54, 1.807) is 48.7 Å². The lowest BCUT2D eigenvalue weighted by molar-refractivity contribution is 0.251. The number of nitrogens with one attached hydrogen (secondary N) is 2. The molecule has 7 heteroatoms. The number of amides is 2. The Labute approximate surface area is 168 Å². The number of aromatic nitrogens is 1. The van der Waals surface area contributed by atoms with E-state index in [2.05, 4.69) is 15.6 Å². The van der Waals surface area contributed by atoms with Crippen LogP contribution in [-0.2, 0) is 13.2 Å². The first-order valence-electron chi connectivity index (χ1n) is 9.23. The van der Waals surface area contributed by atoms with Crippen LogP contribution in [0, 0.1) is 5.82 Å². The number of carbonyl (C=O) groups excluding carboxylic acids is 1. The summed E-state index contributed by atoms with van der Waals surface area (Å²) >= 11 is 0. The highest BCUT2D eigenvalue weighted by molar-refractivity contribution is 5.89. The monoisotopic (exact) mass is 395 g/mol. The summed E-state index contributed by atoms with van der Waals surface area (Å²) in [5.74, 6) is 0.764. The van der Waals surface area contributed by atoms with E-state index in [-0.39, 0.29) is 25.0 Å². The van der Waals surface area contributed by atoms with Crippen LogP contribution in [0.25, 0.3) is 0 Å². The van der Waals surface area contributed by atoms with Gasteiger partial charge in [0.15, 0.2) is 0 Å². The quantitative estimate of drug-likeness (QED) is 0.588. The summed E-state index contributed by atoms with van der Waals surface area (Å²) < 4.78 is 24.4. The van der Waals surface area contributed by atoms with Gasteiger partial charge in [0, 0.05) is 30.1 Å². The fourth-order valence-electron chi connectivity index (χ4n) is 2.63. The molecule has 0 aliphatic carbocycles. The molecule has 2 aromatic carbocycles. The van der Waals surface area contributed by atoms with Gasteiger partial charge in [0.25, 0.3) is 0 Å². The van der Waals surface area contributed by atoms with Crippen molar-refractivity contribution < 1.29 is 18.7 Å². The second-order valence-electron chi connectivity index (χ2n) is 6.15. The number of pyridine rings is 1. The van der Waals surface area contributed by atoms with Crippen LogP contribution in [0.1, 0.15) is 18.1 Å². The SMILES string of the molecule is CCOc1ncccc1CNC(=O)Nc1cccc(OCc2cccc(F)c2)c1. The fourth-order valence-corrected chi connectivity index (χ4v) is 2.63. The molecule has 6 nitrogen and oxygen atoms in total. The van der Waals surface area contributed by atoms with E-state index >= 15 is 0 Å². The molecule has 29 heavy (non-hydrogen) atoms. The van der Waals surface area contributed by atoms with Crippen LogP contribution < -0.4 is 20.1 Å². The third kappa shape index (κ3) is 6.21. The van der Waals surface area contributed by atoms with Crippen LogP contribution in [0.5, 0.6) is 11.6 Å². The number of hydrogen-bond acceptors (Lipinski definition) is 4. The molecule has 0 radical (unpaired) electrons. The molecular weight excluding hydrogens is 373 g/mol. The van der Waals surface area contributed by atoms with Crippen molar-refractivity contribution in [1.29, 1.82) is 0 Å². The van der Waals surface area contributed by atoms with Gasteiger partial charge in [0.2, 0.25) is 5.88 Å². The highest BCUT2D eigenvalue weighted by atomic mass is 19.1. The molecule has 0 unspecified atom stereocenters. The first-order chi connectivity index (χ1) is 14.1. The summed E-state index contributed by atoms with van der Waals surface area (Å²) in [6, 6.07) is 16.5. The topological polar surface area (TPSA) is 72.5 Å². The Bertz CT molecular complexity index is 965. The summed E-state index contributed by atoms with van der Waals surface area (Å²) in [7, 11) is 0. The molecule has 0 bridgehead atoms. The number of urea groups is 1. The van der Waals surface area contributed by atoms with Crippen molar-refractivity contribution in [2.45, 2.75) is 20.1 Å². The maximum Gasteiger partial charge on any atom is 0.319 e. The van der Waals surface area contributed by atoms with Crippen LogP contribution in [0.15, 0.2) is 66.9 Å². The minimum atomic E-state index is -0.362. The Balaban J connectivity index is 1.53. The summed E-state index contributed by atoms with van der Waals surface area (Å²) in [6.45, 7) is 2.89. The molecule has 0 aliphatic heterocycles. The maximum atomic E-state index is 13.2. The van der Waals surface area contributed by atoms with Crippen molar-refractivity contribution in [3.8, 4) is 11.6 Å². The zero-order valence-corrected chi connectivity index (χ0v) is 16.0. The van der Waals surface area contributed by atoms with Crippen LogP contribution in [0.4, 0.5) is 14.9 Å². The van der Waals surface area contributed by atoms with E-state index in [4.69, 9.17) is 9.47 Å². The third-order valence-electron chi connectivity index (χ3n) is 3.96. The van der Waals surface area contributed by atoms with E-state index in [9.17, 15) is 9.18 Å². The number of nitrogens with zero attached hydrogens (tertiary/aromatic N) is 1. The summed E-state index contributed by atoms with van der Waals surface area (Å²) in [5, 5.41) is 5.54. The molecule has 0 spiro atoms. The summed E-state index contributed by atoms with van der Waals surface area (Å²) in [6.07, 6.45) is 1.64. The van der Waals surface area contributed by atoms with Crippen molar-refractivity contribution in [2.75, 3.05) is 11.9 Å². The second-order valence-corrected chi connectivity index (χ2v) is 6.15. The lowest BCUT2D eigenvalue weighted by atomic mass is 10.2. The number of anilines is 1. The molecule has 3 aromatic rings. The molecule has 1 aromatic heterocycles. The van der Waals surface area contributed by atoms with Crippen LogP contribution in [0.3, 0.4) is 0 Å². The summed E-state index contributed by atoms with van der Waals surface area (Å²) in [5.41, 5.74) is 2.09. The smallest absolute Gasteiger partial charge is 0.319 e. The number of carbonyl (C=O) groups is 1. The zero-order valence-electron chi connectivity index (χ0n) is 16.0. The van der Waals surface area contributed by atoms with Gasteiger partial charge in [0.05, 0.1) is 6.61 Å². The Morgan fingerprint density at radius 2 is 1.93 bits per heavy atom. The lowest BCUT2D eigenvalue weighted by Gasteiger charge is -2.12. The number of benzene rings is 2. The van der Waals surface area contributed by atoms with Crippen molar-refractivity contribution >= 4 is 11.7 Å². The van der Waals surface area contributed by atoms with Gasteiger partial charge in [-0.2, -0.15) is 0 Å². The van der Waals surface area contributed by atoms with Gasteiger partial charge in [-0.05, 0) is 42.8 Å². The van der Waals surface area contributed by atoms with Crippen molar-refractivity contribution in [2.24, 2.45) is 0 Å². The molecule has 150 valence electrons. The zero-order chi connectivity index (χ0) is 20.5. The average molecular weight is 395 g/mol. The van der Waals surface area contributed by atoms with E-state index in [0.717, 1.165) is 11.1 Å². The number of rotatable bonds is 8. The molecule has 0 fully saturated rings. The van der Waals surface area contributed by atoms with E-state index in [1.165, 1.54) is 12.1 Å². The van der Waals surface area contributed by atoms with Gasteiger partial charge in [-0.15, -0.1) is 0 Å². The van der Waals surface area contributed by atoms with Crippen molar-refractivity contribution in [3.05, 3.63) is 83.8 Å². The van der Waals surface area contributed by atoms with E-state index < -0.39 is 0 Å². The molecule has 2 amide bonds. The minimum absolute atomic E-state index is 0.231. The van der Waals surface area contributed by atoms with Crippen LogP contribution in [-0.4, -0.2) is 17.6 Å². The first kappa shape index (κ1) is 20.1. The van der Waals surface area contributed by atoms with E-state index in [0.29, 0.717) is 23.9 Å². The van der Waals surface area contributed by atoms with Gasteiger partial charge in [-0.3, -0.25) is 0 Å². The maximum absolute atomic E-state index is 13.2. The first-order valence-corrected chi connectivity index (χ1v) is 9.23.